The zero-order valence-electron chi connectivity index (χ0n) is 10.8. The van der Waals surface area contributed by atoms with Crippen molar-refractivity contribution >= 4 is 11.6 Å². The summed E-state index contributed by atoms with van der Waals surface area (Å²) >= 11 is 0. The van der Waals surface area contributed by atoms with Gasteiger partial charge < -0.3 is 10.2 Å². The van der Waals surface area contributed by atoms with Gasteiger partial charge in [0.1, 0.15) is 0 Å². The van der Waals surface area contributed by atoms with Crippen molar-refractivity contribution < 1.29 is 57.5 Å². The molecule has 0 amide bonds. The second kappa shape index (κ2) is 14.6. The molecule has 0 rings (SSSR count). The SMILES string of the molecule is CC(=O)/C=C(/C)[O-].CC(=O)/C=C(\C)[O-].[Li+].[Li+]. The summed E-state index contributed by atoms with van der Waals surface area (Å²) in [5.41, 5.74) is 0. The summed E-state index contributed by atoms with van der Waals surface area (Å²) in [6, 6.07) is 0. The number of hydrogen-bond acceptors (Lipinski definition) is 4. The van der Waals surface area contributed by atoms with E-state index in [0.717, 1.165) is 12.2 Å². The predicted octanol–water partition coefficient (Wildman–Crippen LogP) is -6.31. The Bertz CT molecular complexity index is 234. The Balaban J connectivity index is -0.0000000800. The molecule has 0 aliphatic rings. The molecule has 0 aliphatic heterocycles. The van der Waals surface area contributed by atoms with E-state index in [0.29, 0.717) is 0 Å². The van der Waals surface area contributed by atoms with Crippen molar-refractivity contribution in [2.45, 2.75) is 27.7 Å². The third kappa shape index (κ3) is 37.4. The second-order valence-corrected chi connectivity index (χ2v) is 2.73. The van der Waals surface area contributed by atoms with E-state index in [1.54, 1.807) is 0 Å². The van der Waals surface area contributed by atoms with Gasteiger partial charge in [0.2, 0.25) is 0 Å². The molecule has 0 aromatic carbocycles. The molecule has 4 nitrogen and oxygen atoms in total. The Morgan fingerprint density at radius 2 is 0.938 bits per heavy atom. The van der Waals surface area contributed by atoms with Crippen molar-refractivity contribution in [3.63, 3.8) is 0 Å². The maximum atomic E-state index is 9.98. The summed E-state index contributed by atoms with van der Waals surface area (Å²) in [6.07, 6.45) is 2.11. The van der Waals surface area contributed by atoms with E-state index in [-0.39, 0.29) is 60.8 Å². The zero-order valence-corrected chi connectivity index (χ0v) is 10.8. The van der Waals surface area contributed by atoms with E-state index in [2.05, 4.69) is 0 Å². The predicted molar refractivity (Wildman–Crippen MR) is 48.9 cm³/mol. The summed E-state index contributed by atoms with van der Waals surface area (Å²) in [5.74, 6) is -0.750. The van der Waals surface area contributed by atoms with Gasteiger partial charge in [-0.1, -0.05) is 13.8 Å². The molecule has 0 saturated carbocycles. The van der Waals surface area contributed by atoms with Crippen LogP contribution in [0.15, 0.2) is 23.7 Å². The van der Waals surface area contributed by atoms with Crippen molar-refractivity contribution in [2.24, 2.45) is 0 Å². The molecular weight excluding hydrogens is 198 g/mol. The van der Waals surface area contributed by atoms with Crippen LogP contribution in [0.1, 0.15) is 27.7 Å². The summed E-state index contributed by atoms with van der Waals surface area (Å²) in [6.45, 7) is 5.39. The third-order valence-corrected chi connectivity index (χ3v) is 0.813. The maximum absolute atomic E-state index is 9.98. The molecule has 0 fully saturated rings. The molecule has 80 valence electrons. The van der Waals surface area contributed by atoms with Crippen LogP contribution < -0.4 is 47.9 Å². The van der Waals surface area contributed by atoms with E-state index in [1.165, 1.54) is 27.7 Å². The van der Waals surface area contributed by atoms with Gasteiger partial charge in [0.15, 0.2) is 11.6 Å². The Morgan fingerprint density at radius 3 is 0.938 bits per heavy atom. The van der Waals surface area contributed by atoms with E-state index >= 15 is 0 Å². The van der Waals surface area contributed by atoms with Crippen LogP contribution in [-0.4, -0.2) is 11.6 Å². The molecule has 0 spiro atoms. The summed E-state index contributed by atoms with van der Waals surface area (Å²) in [7, 11) is 0. The number of carbonyl (C=O) groups excluding carboxylic acids is 2. The first-order chi connectivity index (χ1) is 6.25. The molecule has 0 unspecified atom stereocenters. The fourth-order valence-electron chi connectivity index (χ4n) is 0.572. The number of allylic oxidation sites excluding steroid dienone is 4. The minimum absolute atomic E-state index is 0. The van der Waals surface area contributed by atoms with Crippen LogP contribution in [0.5, 0.6) is 0 Å². The van der Waals surface area contributed by atoms with Crippen molar-refractivity contribution in [1.82, 2.24) is 0 Å². The number of hydrogen-bond donors (Lipinski definition) is 0. The first-order valence-corrected chi connectivity index (χ1v) is 3.97. The third-order valence-electron chi connectivity index (χ3n) is 0.813. The molecule has 0 heterocycles. The van der Waals surface area contributed by atoms with Gasteiger partial charge in [-0.15, -0.1) is 11.5 Å². The monoisotopic (exact) mass is 212 g/mol. The van der Waals surface area contributed by atoms with Gasteiger partial charge in [-0.05, 0) is 26.0 Å². The van der Waals surface area contributed by atoms with Crippen molar-refractivity contribution in [1.29, 1.82) is 0 Å². The topological polar surface area (TPSA) is 80.3 Å². The van der Waals surface area contributed by atoms with Gasteiger partial charge in [-0.25, -0.2) is 0 Å². The van der Waals surface area contributed by atoms with Crippen LogP contribution >= 0.6 is 0 Å². The molecule has 0 N–H and O–H groups in total. The van der Waals surface area contributed by atoms with Crippen LogP contribution in [0.4, 0.5) is 0 Å². The number of rotatable bonds is 2. The Hall–Kier alpha value is -0.385. The van der Waals surface area contributed by atoms with Crippen LogP contribution in [-0.2, 0) is 9.59 Å². The molecule has 0 bridgehead atoms. The summed E-state index contributed by atoms with van der Waals surface area (Å²) in [4.78, 5) is 20.0. The molecule has 0 radical (unpaired) electrons. The van der Waals surface area contributed by atoms with E-state index in [4.69, 9.17) is 0 Å². The van der Waals surface area contributed by atoms with E-state index in [9.17, 15) is 19.8 Å². The minimum atomic E-state index is -0.187. The van der Waals surface area contributed by atoms with Crippen molar-refractivity contribution in [3.8, 4) is 0 Å². The zero-order chi connectivity index (χ0) is 11.7. The average molecular weight is 212 g/mol. The second-order valence-electron chi connectivity index (χ2n) is 2.73. The van der Waals surface area contributed by atoms with E-state index < -0.39 is 0 Å². The van der Waals surface area contributed by atoms with Gasteiger partial charge in [0.25, 0.3) is 0 Å². The fraction of sp³-hybridized carbons (Fsp3) is 0.400. The van der Waals surface area contributed by atoms with Crippen LogP contribution in [0.3, 0.4) is 0 Å². The van der Waals surface area contributed by atoms with Gasteiger partial charge in [0, 0.05) is 0 Å². The Kier molecular flexibility index (Phi) is 22.6. The largest absolute Gasteiger partial charge is 1.00 e. The molecular formula is C10H14Li2O4. The summed E-state index contributed by atoms with van der Waals surface area (Å²) < 4.78 is 0. The molecule has 0 saturated heterocycles. The number of ketones is 2. The fourth-order valence-corrected chi connectivity index (χ4v) is 0.572. The van der Waals surface area contributed by atoms with Gasteiger partial charge in [0.05, 0.1) is 0 Å². The van der Waals surface area contributed by atoms with Crippen LogP contribution in [0, 0.1) is 0 Å². The Labute approximate surface area is 120 Å². The van der Waals surface area contributed by atoms with Gasteiger partial charge in [-0.2, -0.15) is 0 Å². The number of carbonyl (C=O) groups is 2. The molecule has 0 aromatic heterocycles. The van der Waals surface area contributed by atoms with Crippen LogP contribution in [0.25, 0.3) is 0 Å². The first-order valence-electron chi connectivity index (χ1n) is 3.97. The Morgan fingerprint density at radius 1 is 0.750 bits per heavy atom. The van der Waals surface area contributed by atoms with E-state index in [1.807, 2.05) is 0 Å². The first kappa shape index (κ1) is 24.7. The molecule has 0 atom stereocenters. The normalized spacial score (nSPS) is 10.0. The van der Waals surface area contributed by atoms with Gasteiger partial charge >= 0.3 is 37.7 Å². The smallest absolute Gasteiger partial charge is 0.876 e. The van der Waals surface area contributed by atoms with Crippen molar-refractivity contribution in [3.05, 3.63) is 23.7 Å². The standard InChI is InChI=1S/2C5H8O2.2Li/c2*1-4(6)3-5(2)7;;/h2*3,6H,1-2H3;;/q;;2*+1/p-2/b4-3+;4-3-;;. The van der Waals surface area contributed by atoms with Gasteiger partial charge in [-0.3, -0.25) is 9.59 Å². The summed E-state index contributed by atoms with van der Waals surface area (Å²) in [5, 5.41) is 20.0. The quantitative estimate of drug-likeness (QED) is 0.259. The van der Waals surface area contributed by atoms with Crippen molar-refractivity contribution in [2.75, 3.05) is 0 Å². The van der Waals surface area contributed by atoms with Crippen LogP contribution in [0.2, 0.25) is 0 Å². The maximum Gasteiger partial charge on any atom is 1.00 e. The minimum Gasteiger partial charge on any atom is -0.876 e. The average Bonchev–Trinajstić information content (AvgIpc) is 1.79. The molecule has 6 heteroatoms. The molecule has 0 aromatic rings. The molecule has 16 heavy (non-hydrogen) atoms. The molecule has 0 aliphatic carbocycles.